The monoisotopic (exact) mass is 378 g/mol. The number of nitro benzene ring substituents is 1. The zero-order valence-electron chi connectivity index (χ0n) is 14.5. The molecule has 1 N–H and O–H groups in total. The molecule has 0 unspecified atom stereocenters. The van der Waals surface area contributed by atoms with Gasteiger partial charge in [-0.05, 0) is 31.2 Å². The normalized spacial score (nSPS) is 9.65. The molecule has 0 bridgehead atoms. The number of ether oxygens (including phenoxy) is 1. The number of carbonyl (C=O) groups is 2. The van der Waals surface area contributed by atoms with Crippen molar-refractivity contribution in [1.82, 2.24) is 4.98 Å². The Morgan fingerprint density at radius 3 is 2.54 bits per heavy atom. The molecule has 0 amide bonds. The van der Waals surface area contributed by atoms with E-state index in [-0.39, 0.29) is 33.3 Å². The van der Waals surface area contributed by atoms with Crippen LogP contribution in [0.4, 0.5) is 5.69 Å². The van der Waals surface area contributed by atoms with E-state index < -0.39 is 16.9 Å². The first-order chi connectivity index (χ1) is 12.4. The summed E-state index contributed by atoms with van der Waals surface area (Å²) in [4.78, 5) is 37.7. The van der Waals surface area contributed by atoms with Gasteiger partial charge in [0, 0.05) is 17.2 Å². The Morgan fingerprint density at radius 1 is 1.27 bits per heavy atom. The first-order valence-corrected chi connectivity index (χ1v) is 8.57. The van der Waals surface area contributed by atoms with Crippen LogP contribution in [0, 0.1) is 10.1 Å². The second-order valence-electron chi connectivity index (χ2n) is 4.42. The first kappa shape index (κ1) is 21.1. The molecule has 0 radical (unpaired) electrons. The summed E-state index contributed by atoms with van der Waals surface area (Å²) in [5, 5.41) is 20.4. The third-order valence-electron chi connectivity index (χ3n) is 2.86. The summed E-state index contributed by atoms with van der Waals surface area (Å²) in [5.41, 5.74) is -0.463. The minimum absolute atomic E-state index is 0.0533. The van der Waals surface area contributed by atoms with E-state index in [1.54, 1.807) is 6.92 Å². The van der Waals surface area contributed by atoms with Gasteiger partial charge in [-0.3, -0.25) is 10.1 Å². The fourth-order valence-corrected chi connectivity index (χ4v) is 2.83. The van der Waals surface area contributed by atoms with Crippen LogP contribution in [-0.2, 0) is 4.74 Å². The van der Waals surface area contributed by atoms with Crippen molar-refractivity contribution in [3.63, 3.8) is 0 Å². The molecule has 8 nitrogen and oxygen atoms in total. The lowest BCUT2D eigenvalue weighted by atomic mass is 10.2. The lowest BCUT2D eigenvalue weighted by Gasteiger charge is -2.07. The van der Waals surface area contributed by atoms with E-state index in [0.29, 0.717) is 0 Å². The zero-order valence-corrected chi connectivity index (χ0v) is 15.3. The van der Waals surface area contributed by atoms with Crippen LogP contribution < -0.4 is 0 Å². The van der Waals surface area contributed by atoms with Crippen molar-refractivity contribution < 1.29 is 24.4 Å². The largest absolute Gasteiger partial charge is 0.476 e. The quantitative estimate of drug-likeness (QED) is 0.454. The smallest absolute Gasteiger partial charge is 0.355 e. The van der Waals surface area contributed by atoms with E-state index in [2.05, 4.69) is 4.98 Å². The van der Waals surface area contributed by atoms with Crippen molar-refractivity contribution in [2.45, 2.75) is 30.6 Å². The van der Waals surface area contributed by atoms with Gasteiger partial charge in [-0.1, -0.05) is 25.6 Å². The van der Waals surface area contributed by atoms with Gasteiger partial charge in [0.2, 0.25) is 0 Å². The van der Waals surface area contributed by atoms with Crippen molar-refractivity contribution in [3.8, 4) is 0 Å². The lowest BCUT2D eigenvalue weighted by molar-refractivity contribution is -0.387. The molecule has 0 atom stereocenters. The van der Waals surface area contributed by atoms with Gasteiger partial charge >= 0.3 is 11.9 Å². The second-order valence-corrected chi connectivity index (χ2v) is 5.50. The average Bonchev–Trinajstić information content (AvgIpc) is 2.64. The Hall–Kier alpha value is -2.94. The van der Waals surface area contributed by atoms with Crippen LogP contribution in [-0.4, -0.2) is 33.6 Å². The van der Waals surface area contributed by atoms with Gasteiger partial charge in [0.25, 0.3) is 5.69 Å². The predicted octanol–water partition coefficient (Wildman–Crippen LogP) is 4.04. The fourth-order valence-electron chi connectivity index (χ4n) is 1.84. The number of carbonyl (C=O) groups excluding carboxylic acids is 1. The molecule has 1 heterocycles. The zero-order chi connectivity index (χ0) is 19.7. The van der Waals surface area contributed by atoms with Crippen molar-refractivity contribution in [1.29, 1.82) is 0 Å². The Morgan fingerprint density at radius 2 is 1.96 bits per heavy atom. The predicted molar refractivity (Wildman–Crippen MR) is 95.7 cm³/mol. The van der Waals surface area contributed by atoms with Crippen LogP contribution in [0.2, 0.25) is 0 Å². The number of benzene rings is 1. The minimum Gasteiger partial charge on any atom is -0.476 e. The van der Waals surface area contributed by atoms with Crippen molar-refractivity contribution >= 4 is 29.4 Å². The number of carboxylic acid groups (broad SMARTS) is 1. The summed E-state index contributed by atoms with van der Waals surface area (Å²) < 4.78 is 4.82. The van der Waals surface area contributed by atoms with E-state index in [9.17, 15) is 19.7 Å². The molecule has 0 aliphatic heterocycles. The number of carboxylic acids is 1. The number of aromatic carboxylic acids is 1. The molecule has 1 aromatic carbocycles. The van der Waals surface area contributed by atoms with E-state index >= 15 is 0 Å². The number of aromatic nitrogens is 1. The molecule has 0 saturated heterocycles. The van der Waals surface area contributed by atoms with Gasteiger partial charge in [-0.2, -0.15) is 0 Å². The van der Waals surface area contributed by atoms with E-state index in [4.69, 9.17) is 9.84 Å². The van der Waals surface area contributed by atoms with Gasteiger partial charge in [-0.15, -0.1) is 0 Å². The summed E-state index contributed by atoms with van der Waals surface area (Å²) in [7, 11) is 0. The summed E-state index contributed by atoms with van der Waals surface area (Å²) >= 11 is 0.894. The van der Waals surface area contributed by atoms with Crippen LogP contribution in [0.3, 0.4) is 0 Å². The highest BCUT2D eigenvalue weighted by molar-refractivity contribution is 7.99. The Bertz CT molecular complexity index is 810. The minimum atomic E-state index is -1.23. The molecule has 0 aliphatic carbocycles. The molecular weight excluding hydrogens is 360 g/mol. The van der Waals surface area contributed by atoms with Crippen LogP contribution in [0.1, 0.15) is 41.6 Å². The highest BCUT2D eigenvalue weighted by Gasteiger charge is 2.21. The topological polar surface area (TPSA) is 120 Å². The molecule has 9 heteroatoms. The number of rotatable bonds is 6. The third-order valence-corrected chi connectivity index (χ3v) is 3.97. The molecule has 1 aromatic heterocycles. The van der Waals surface area contributed by atoms with Crippen molar-refractivity contribution in [2.24, 2.45) is 0 Å². The number of nitrogens with zero attached hydrogens (tertiary/aromatic N) is 2. The number of esters is 1. The maximum Gasteiger partial charge on any atom is 0.355 e. The Balaban J connectivity index is 0.00000163. The van der Waals surface area contributed by atoms with Gasteiger partial charge in [0.05, 0.1) is 22.0 Å². The summed E-state index contributed by atoms with van der Waals surface area (Å²) in [6.07, 6.45) is 1.33. The number of hydrogen-bond acceptors (Lipinski definition) is 7. The van der Waals surface area contributed by atoms with Crippen molar-refractivity contribution in [2.75, 3.05) is 6.61 Å². The lowest BCUT2D eigenvalue weighted by Crippen LogP contribution is -2.06. The standard InChI is InChI=1S/C15H12N2O6S.C2H6/c1-2-23-15(20)9-5-6-11(10(8-9)17(21)22)24-12-4-3-7-16-13(12)14(18)19;1-2/h3-8H,2H2,1H3,(H,18,19);1-2H3. The molecule has 0 spiro atoms. The maximum atomic E-state index is 11.7. The summed E-state index contributed by atoms with van der Waals surface area (Å²) in [6, 6.07) is 6.92. The molecule has 138 valence electrons. The van der Waals surface area contributed by atoms with Crippen LogP contribution in [0.15, 0.2) is 46.3 Å². The molecule has 2 aromatic rings. The number of nitro groups is 1. The van der Waals surface area contributed by atoms with E-state index in [0.717, 1.165) is 17.8 Å². The molecule has 0 fully saturated rings. The Kier molecular flexibility index (Phi) is 8.23. The van der Waals surface area contributed by atoms with Crippen LogP contribution in [0.25, 0.3) is 0 Å². The average molecular weight is 378 g/mol. The summed E-state index contributed by atoms with van der Waals surface area (Å²) in [5.74, 6) is -1.89. The van der Waals surface area contributed by atoms with Crippen LogP contribution >= 0.6 is 11.8 Å². The van der Waals surface area contributed by atoms with Gasteiger partial charge in [0.15, 0.2) is 5.69 Å². The third kappa shape index (κ3) is 5.28. The van der Waals surface area contributed by atoms with Crippen molar-refractivity contribution in [3.05, 3.63) is 57.9 Å². The fraction of sp³-hybridized carbons (Fsp3) is 0.235. The number of hydrogen-bond donors (Lipinski definition) is 1. The SMILES string of the molecule is CC.CCOC(=O)c1ccc(Sc2cccnc2C(=O)O)c([N+](=O)[O-])c1. The first-order valence-electron chi connectivity index (χ1n) is 7.75. The van der Waals surface area contributed by atoms with E-state index in [1.165, 1.54) is 30.5 Å². The van der Waals surface area contributed by atoms with Gasteiger partial charge < -0.3 is 9.84 Å². The Labute approximate surface area is 154 Å². The van der Waals surface area contributed by atoms with E-state index in [1.807, 2.05) is 13.8 Å². The van der Waals surface area contributed by atoms with Crippen LogP contribution in [0.5, 0.6) is 0 Å². The maximum absolute atomic E-state index is 11.7. The molecule has 0 saturated carbocycles. The van der Waals surface area contributed by atoms with Gasteiger partial charge in [0.1, 0.15) is 0 Å². The highest BCUT2D eigenvalue weighted by Crippen LogP contribution is 2.36. The number of pyridine rings is 1. The molecule has 0 aliphatic rings. The molecular formula is C17H18N2O6S. The molecule has 2 rings (SSSR count). The molecule has 26 heavy (non-hydrogen) atoms. The second kappa shape index (κ2) is 10.1. The summed E-state index contributed by atoms with van der Waals surface area (Å²) in [6.45, 7) is 5.78. The highest BCUT2D eigenvalue weighted by atomic mass is 32.2. The van der Waals surface area contributed by atoms with Gasteiger partial charge in [-0.25, -0.2) is 14.6 Å².